The zero-order valence-corrected chi connectivity index (χ0v) is 19.9. The Morgan fingerprint density at radius 1 is 0.781 bits per heavy atom. The number of carbonyl (C=O) groups is 1. The second kappa shape index (κ2) is 18.9. The van der Waals surface area contributed by atoms with Crippen molar-refractivity contribution in [2.45, 2.75) is 71.0 Å². The zero-order valence-electron chi connectivity index (χ0n) is 19.9. The van der Waals surface area contributed by atoms with E-state index in [0.29, 0.717) is 38.8 Å². The normalized spacial score (nSPS) is 13.1. The molecule has 1 rings (SSSR count). The molecule has 0 bridgehead atoms. The Balaban J connectivity index is 2.47. The summed E-state index contributed by atoms with van der Waals surface area (Å²) in [6, 6.07) is 8.95. The van der Waals surface area contributed by atoms with E-state index in [9.17, 15) is 9.90 Å². The summed E-state index contributed by atoms with van der Waals surface area (Å²) in [5.41, 5.74) is 0. The van der Waals surface area contributed by atoms with Gasteiger partial charge in [-0.1, -0.05) is 63.6 Å². The molecular weight excluding hydrogens is 412 g/mol. The molecule has 0 amide bonds. The minimum atomic E-state index is -1.72. The topological polar surface area (TPSA) is 83.5 Å². The van der Waals surface area contributed by atoms with Gasteiger partial charge in [0.15, 0.2) is 0 Å². The van der Waals surface area contributed by atoms with Gasteiger partial charge in [0.2, 0.25) is 0 Å². The van der Waals surface area contributed by atoms with E-state index in [2.05, 4.69) is 6.92 Å². The van der Waals surface area contributed by atoms with Gasteiger partial charge < -0.3 is 28.8 Å². The second-order valence-corrected chi connectivity index (χ2v) is 7.61. The van der Waals surface area contributed by atoms with Crippen LogP contribution >= 0.6 is 0 Å². The molecule has 0 radical (unpaired) electrons. The van der Waals surface area contributed by atoms with E-state index in [0.717, 1.165) is 19.3 Å². The van der Waals surface area contributed by atoms with Gasteiger partial charge >= 0.3 is 11.8 Å². The average molecular weight is 455 g/mol. The second-order valence-electron chi connectivity index (χ2n) is 7.61. The van der Waals surface area contributed by atoms with Crippen LogP contribution in [0.15, 0.2) is 30.3 Å². The van der Waals surface area contributed by atoms with Crippen molar-refractivity contribution < 1.29 is 33.6 Å². The number of carboxylic acid groups (broad SMARTS) is 1. The highest BCUT2D eigenvalue weighted by Gasteiger charge is 2.42. The quantitative estimate of drug-likeness (QED) is 0.193. The van der Waals surface area contributed by atoms with Crippen LogP contribution in [0.3, 0.4) is 0 Å². The molecule has 7 nitrogen and oxygen atoms in total. The minimum absolute atomic E-state index is 0.120. The Kier molecular flexibility index (Phi) is 16.7. The average Bonchev–Trinajstić information content (AvgIpc) is 2.80. The van der Waals surface area contributed by atoms with Crippen LogP contribution in [0.5, 0.6) is 5.75 Å². The Morgan fingerprint density at radius 2 is 1.34 bits per heavy atom. The molecule has 0 aliphatic rings. The summed E-state index contributed by atoms with van der Waals surface area (Å²) in [6.45, 7) is 7.14. The maximum atomic E-state index is 12.2. The number of ether oxygens (including phenoxy) is 5. The summed E-state index contributed by atoms with van der Waals surface area (Å²) in [6.07, 6.45) is 7.91. The van der Waals surface area contributed by atoms with Gasteiger partial charge in [0, 0.05) is 13.0 Å². The first-order chi connectivity index (χ1) is 15.6. The van der Waals surface area contributed by atoms with Gasteiger partial charge in [-0.3, -0.25) is 0 Å². The molecule has 1 atom stereocenters. The summed E-state index contributed by atoms with van der Waals surface area (Å²) in [5.74, 6) is -2.37. The molecule has 32 heavy (non-hydrogen) atoms. The van der Waals surface area contributed by atoms with Crippen molar-refractivity contribution >= 4 is 5.97 Å². The Labute approximate surface area is 193 Å². The van der Waals surface area contributed by atoms with Gasteiger partial charge in [0.25, 0.3) is 0 Å². The molecule has 184 valence electrons. The molecule has 1 aromatic carbocycles. The fraction of sp³-hybridized carbons (Fsp3) is 0.720. The summed E-state index contributed by atoms with van der Waals surface area (Å²) in [5, 5.41) is 9.98. The first-order valence-corrected chi connectivity index (χ1v) is 12.0. The van der Waals surface area contributed by atoms with Crippen molar-refractivity contribution in [2.24, 2.45) is 0 Å². The maximum Gasteiger partial charge on any atom is 0.377 e. The molecule has 0 saturated carbocycles. The van der Waals surface area contributed by atoms with E-state index in [1.54, 1.807) is 12.1 Å². The smallest absolute Gasteiger partial charge is 0.377 e. The molecule has 0 saturated heterocycles. The van der Waals surface area contributed by atoms with Gasteiger partial charge in [0.05, 0.1) is 39.6 Å². The Hall–Kier alpha value is -1.67. The predicted molar refractivity (Wildman–Crippen MR) is 124 cm³/mol. The van der Waals surface area contributed by atoms with Crippen LogP contribution in [0.4, 0.5) is 0 Å². The van der Waals surface area contributed by atoms with Gasteiger partial charge in [-0.25, -0.2) is 4.79 Å². The van der Waals surface area contributed by atoms with Crippen LogP contribution in [0, 0.1) is 0 Å². The number of rotatable bonds is 22. The van der Waals surface area contributed by atoms with Crippen molar-refractivity contribution in [3.8, 4) is 5.75 Å². The molecule has 0 aromatic heterocycles. The van der Waals surface area contributed by atoms with Crippen molar-refractivity contribution in [3.05, 3.63) is 30.3 Å². The minimum Gasteiger partial charge on any atom is -0.476 e. The van der Waals surface area contributed by atoms with E-state index >= 15 is 0 Å². The van der Waals surface area contributed by atoms with E-state index in [1.807, 2.05) is 25.1 Å². The van der Waals surface area contributed by atoms with Crippen LogP contribution in [-0.2, 0) is 23.7 Å². The largest absolute Gasteiger partial charge is 0.476 e. The molecule has 0 heterocycles. The SMILES string of the molecule is CCCCCCCCCC(OCCOCCOCCOCC)(Oc1ccccc1)C(=O)O. The lowest BCUT2D eigenvalue weighted by Gasteiger charge is -2.30. The van der Waals surface area contributed by atoms with E-state index in [4.69, 9.17) is 23.7 Å². The summed E-state index contributed by atoms with van der Waals surface area (Å²) < 4.78 is 27.8. The molecule has 0 aliphatic heterocycles. The van der Waals surface area contributed by atoms with E-state index < -0.39 is 11.8 Å². The Morgan fingerprint density at radius 3 is 1.94 bits per heavy atom. The molecule has 7 heteroatoms. The van der Waals surface area contributed by atoms with Crippen molar-refractivity contribution in [3.63, 3.8) is 0 Å². The monoisotopic (exact) mass is 454 g/mol. The lowest BCUT2D eigenvalue weighted by atomic mass is 10.0. The van der Waals surface area contributed by atoms with Crippen LogP contribution in [-0.4, -0.2) is 63.1 Å². The van der Waals surface area contributed by atoms with Gasteiger partial charge in [0.1, 0.15) is 5.75 Å². The van der Waals surface area contributed by atoms with Crippen LogP contribution < -0.4 is 4.74 Å². The predicted octanol–water partition coefficient (Wildman–Crippen LogP) is 5.07. The van der Waals surface area contributed by atoms with Crippen LogP contribution in [0.2, 0.25) is 0 Å². The molecule has 0 aliphatic carbocycles. The number of carboxylic acids is 1. The number of para-hydroxylation sites is 1. The number of hydrogen-bond acceptors (Lipinski definition) is 6. The maximum absolute atomic E-state index is 12.2. The zero-order chi connectivity index (χ0) is 23.3. The summed E-state index contributed by atoms with van der Waals surface area (Å²) >= 11 is 0. The number of unbranched alkanes of at least 4 members (excludes halogenated alkanes) is 6. The first-order valence-electron chi connectivity index (χ1n) is 12.0. The first kappa shape index (κ1) is 28.4. The lowest BCUT2D eigenvalue weighted by Crippen LogP contribution is -2.48. The third kappa shape index (κ3) is 13.0. The highest BCUT2D eigenvalue weighted by molar-refractivity contribution is 5.76. The Bertz CT molecular complexity index is 567. The van der Waals surface area contributed by atoms with E-state index in [-0.39, 0.29) is 19.6 Å². The highest BCUT2D eigenvalue weighted by Crippen LogP contribution is 2.26. The fourth-order valence-electron chi connectivity index (χ4n) is 3.21. The molecule has 1 unspecified atom stereocenters. The third-order valence-electron chi connectivity index (χ3n) is 4.97. The molecule has 0 fully saturated rings. The standard InChI is InChI=1S/C25H42O7/c1-3-5-6-7-8-9-13-16-25(24(26)27,32-23-14-11-10-12-15-23)31-22-21-30-20-19-29-18-17-28-4-2/h10-12,14-15H,3-9,13,16-22H2,1-2H3,(H,26,27). The molecular formula is C25H42O7. The number of hydrogen-bond donors (Lipinski definition) is 1. The van der Waals surface area contributed by atoms with Crippen molar-refractivity contribution in [2.75, 3.05) is 46.2 Å². The van der Waals surface area contributed by atoms with Gasteiger partial charge in [-0.05, 0) is 25.5 Å². The lowest BCUT2D eigenvalue weighted by molar-refractivity contribution is -0.218. The molecule has 0 spiro atoms. The fourth-order valence-corrected chi connectivity index (χ4v) is 3.21. The molecule has 1 N–H and O–H groups in total. The van der Waals surface area contributed by atoms with Gasteiger partial charge in [-0.15, -0.1) is 0 Å². The van der Waals surface area contributed by atoms with Crippen molar-refractivity contribution in [1.29, 1.82) is 0 Å². The van der Waals surface area contributed by atoms with Gasteiger partial charge in [-0.2, -0.15) is 0 Å². The van der Waals surface area contributed by atoms with Crippen molar-refractivity contribution in [1.82, 2.24) is 0 Å². The summed E-state index contributed by atoms with van der Waals surface area (Å²) in [7, 11) is 0. The number of benzene rings is 1. The van der Waals surface area contributed by atoms with Crippen LogP contribution in [0.25, 0.3) is 0 Å². The summed E-state index contributed by atoms with van der Waals surface area (Å²) in [4.78, 5) is 12.2. The molecule has 1 aromatic rings. The highest BCUT2D eigenvalue weighted by atomic mass is 16.7. The third-order valence-corrected chi connectivity index (χ3v) is 4.97. The van der Waals surface area contributed by atoms with Crippen LogP contribution in [0.1, 0.15) is 65.2 Å². The van der Waals surface area contributed by atoms with E-state index in [1.165, 1.54) is 25.7 Å². The number of aliphatic carboxylic acids is 1.